The number of rotatable bonds is 4. The van der Waals surface area contributed by atoms with Gasteiger partial charge in [0.2, 0.25) is 0 Å². The summed E-state index contributed by atoms with van der Waals surface area (Å²) in [7, 11) is 0. The van der Waals surface area contributed by atoms with E-state index in [9.17, 15) is 0 Å². The van der Waals surface area contributed by atoms with Gasteiger partial charge in [0.25, 0.3) is 0 Å². The molecule has 0 saturated heterocycles. The monoisotopic (exact) mass is 355 g/mol. The minimum Gasteiger partial charge on any atom is -0.252 e. The number of aryl methyl sites for hydroxylation is 3. The van der Waals surface area contributed by atoms with E-state index in [1.54, 1.807) is 0 Å². The van der Waals surface area contributed by atoms with Crippen LogP contribution in [-0.2, 0) is 0 Å². The van der Waals surface area contributed by atoms with Crippen LogP contribution in [0.4, 0.5) is 11.4 Å². The summed E-state index contributed by atoms with van der Waals surface area (Å²) in [5.74, 6) is 0. The molecular weight excluding hydrogens is 330 g/mol. The van der Waals surface area contributed by atoms with Crippen molar-refractivity contribution >= 4 is 22.8 Å². The fourth-order valence-corrected chi connectivity index (χ4v) is 2.78. The Kier molecular flexibility index (Phi) is 5.60. The minimum absolute atomic E-state index is 0.879. The van der Waals surface area contributed by atoms with Crippen LogP contribution >= 0.6 is 0 Å². The van der Waals surface area contributed by atoms with Gasteiger partial charge in [-0.25, -0.2) is 4.98 Å². The summed E-state index contributed by atoms with van der Waals surface area (Å²) in [6, 6.07) is 20.5. The molecule has 0 aliphatic carbocycles. The van der Waals surface area contributed by atoms with Gasteiger partial charge in [-0.15, -0.1) is 0 Å². The van der Waals surface area contributed by atoms with Gasteiger partial charge < -0.3 is 0 Å². The van der Waals surface area contributed by atoms with Crippen LogP contribution in [0.25, 0.3) is 0 Å². The summed E-state index contributed by atoms with van der Waals surface area (Å²) in [5, 5.41) is 0. The van der Waals surface area contributed by atoms with Crippen molar-refractivity contribution in [1.29, 1.82) is 0 Å². The number of aromatic nitrogens is 1. The fraction of sp³-hybridized carbons (Fsp3) is 0.208. The highest BCUT2D eigenvalue weighted by Gasteiger charge is 2.07. The second-order valence-corrected chi connectivity index (χ2v) is 6.98. The van der Waals surface area contributed by atoms with E-state index in [1.807, 2.05) is 38.1 Å². The van der Waals surface area contributed by atoms with Gasteiger partial charge in [0, 0.05) is 0 Å². The number of hydrogen-bond acceptors (Lipinski definition) is 3. The first-order chi connectivity index (χ1) is 12.9. The van der Waals surface area contributed by atoms with Gasteiger partial charge in [-0.2, -0.15) is 0 Å². The Morgan fingerprint density at radius 2 is 0.963 bits per heavy atom. The first-order valence-electron chi connectivity index (χ1n) is 9.14. The highest BCUT2D eigenvalue weighted by Crippen LogP contribution is 2.17. The van der Waals surface area contributed by atoms with Crippen molar-refractivity contribution in [2.45, 2.75) is 34.6 Å². The van der Waals surface area contributed by atoms with Crippen molar-refractivity contribution in [3.8, 4) is 0 Å². The summed E-state index contributed by atoms with van der Waals surface area (Å²) in [6.45, 7) is 10.2. The van der Waals surface area contributed by atoms with Gasteiger partial charge in [0.1, 0.15) is 0 Å². The topological polar surface area (TPSA) is 37.6 Å². The molecule has 3 nitrogen and oxygen atoms in total. The van der Waals surface area contributed by atoms with Crippen LogP contribution in [0.5, 0.6) is 0 Å². The van der Waals surface area contributed by atoms with E-state index in [0.717, 1.165) is 39.7 Å². The van der Waals surface area contributed by atoms with Crippen molar-refractivity contribution in [2.75, 3.05) is 0 Å². The quantitative estimate of drug-likeness (QED) is 0.507. The Hall–Kier alpha value is -3.07. The summed E-state index contributed by atoms with van der Waals surface area (Å²) in [5.41, 5.74) is 9.02. The molecule has 3 rings (SSSR count). The lowest BCUT2D eigenvalue weighted by atomic mass is 10.1. The molecule has 0 fully saturated rings. The molecule has 3 heteroatoms. The standard InChI is InChI=1S/C24H25N3/c1-16-6-10-21(11-7-16)25-19(4)23-14-18(3)15-24(27-23)20(5)26-22-12-8-17(2)9-13-22/h6-15H,1-5H3. The summed E-state index contributed by atoms with van der Waals surface area (Å²) in [4.78, 5) is 14.2. The van der Waals surface area contributed by atoms with Gasteiger partial charge in [0.05, 0.1) is 34.2 Å². The Bertz CT molecular complexity index is 915. The number of benzene rings is 2. The Balaban J connectivity index is 1.93. The van der Waals surface area contributed by atoms with E-state index >= 15 is 0 Å². The van der Waals surface area contributed by atoms with E-state index in [0.29, 0.717) is 0 Å². The molecule has 0 amide bonds. The molecular formula is C24H25N3. The average Bonchev–Trinajstić information content (AvgIpc) is 2.65. The van der Waals surface area contributed by atoms with Crippen LogP contribution in [-0.4, -0.2) is 16.4 Å². The predicted octanol–water partition coefficient (Wildman–Crippen LogP) is 6.29. The molecule has 0 atom stereocenters. The average molecular weight is 355 g/mol. The molecule has 0 aliphatic rings. The van der Waals surface area contributed by atoms with Gasteiger partial charge in [0.15, 0.2) is 0 Å². The SMILES string of the molecule is CC(=Nc1ccc(C)cc1)c1cc(C)cc(C(C)=Nc2ccc(C)cc2)n1. The third-order valence-electron chi connectivity index (χ3n) is 4.37. The van der Waals surface area contributed by atoms with Crippen LogP contribution in [0.1, 0.15) is 41.9 Å². The zero-order valence-corrected chi connectivity index (χ0v) is 16.6. The molecule has 27 heavy (non-hydrogen) atoms. The number of hydrogen-bond donors (Lipinski definition) is 0. The van der Waals surface area contributed by atoms with Crippen LogP contribution in [0.2, 0.25) is 0 Å². The second-order valence-electron chi connectivity index (χ2n) is 6.98. The smallest absolute Gasteiger partial charge is 0.0852 e. The lowest BCUT2D eigenvalue weighted by molar-refractivity contribution is 1.21. The molecule has 3 aromatic rings. The Labute approximate surface area is 161 Å². The zero-order valence-electron chi connectivity index (χ0n) is 16.6. The van der Waals surface area contributed by atoms with Crippen molar-refractivity contribution < 1.29 is 0 Å². The maximum Gasteiger partial charge on any atom is 0.0852 e. The highest BCUT2D eigenvalue weighted by atomic mass is 14.8. The predicted molar refractivity (Wildman–Crippen MR) is 115 cm³/mol. The van der Waals surface area contributed by atoms with Crippen LogP contribution < -0.4 is 0 Å². The van der Waals surface area contributed by atoms with Crippen molar-refractivity contribution in [1.82, 2.24) is 4.98 Å². The Morgan fingerprint density at radius 1 is 0.593 bits per heavy atom. The molecule has 2 aromatic carbocycles. The van der Waals surface area contributed by atoms with E-state index in [1.165, 1.54) is 11.1 Å². The molecule has 1 heterocycles. The number of aliphatic imine (C=N–C) groups is 2. The lowest BCUT2D eigenvalue weighted by Crippen LogP contribution is -2.06. The molecule has 0 saturated carbocycles. The number of nitrogens with zero attached hydrogens (tertiary/aromatic N) is 3. The summed E-state index contributed by atoms with van der Waals surface area (Å²) in [6.07, 6.45) is 0. The first kappa shape index (κ1) is 18.7. The highest BCUT2D eigenvalue weighted by molar-refractivity contribution is 6.02. The molecule has 0 radical (unpaired) electrons. The van der Waals surface area contributed by atoms with Crippen molar-refractivity contribution in [2.24, 2.45) is 9.98 Å². The van der Waals surface area contributed by atoms with E-state index < -0.39 is 0 Å². The van der Waals surface area contributed by atoms with Crippen molar-refractivity contribution in [3.05, 3.63) is 88.7 Å². The van der Waals surface area contributed by atoms with E-state index in [2.05, 4.69) is 57.2 Å². The fourth-order valence-electron chi connectivity index (χ4n) is 2.78. The second kappa shape index (κ2) is 8.09. The van der Waals surface area contributed by atoms with Crippen LogP contribution in [0.3, 0.4) is 0 Å². The van der Waals surface area contributed by atoms with Crippen LogP contribution in [0, 0.1) is 20.8 Å². The van der Waals surface area contributed by atoms with Crippen molar-refractivity contribution in [3.63, 3.8) is 0 Å². The minimum atomic E-state index is 0.879. The maximum absolute atomic E-state index is 4.80. The molecule has 136 valence electrons. The largest absolute Gasteiger partial charge is 0.252 e. The third-order valence-corrected chi connectivity index (χ3v) is 4.37. The van der Waals surface area contributed by atoms with Crippen LogP contribution in [0.15, 0.2) is 70.6 Å². The molecule has 0 N–H and O–H groups in total. The first-order valence-corrected chi connectivity index (χ1v) is 9.14. The molecule has 0 spiro atoms. The molecule has 0 bridgehead atoms. The maximum atomic E-state index is 4.80. The van der Waals surface area contributed by atoms with Gasteiger partial charge in [-0.05, 0) is 76.6 Å². The summed E-state index contributed by atoms with van der Waals surface area (Å²) < 4.78 is 0. The zero-order chi connectivity index (χ0) is 19.4. The Morgan fingerprint density at radius 3 is 1.33 bits per heavy atom. The number of pyridine rings is 1. The van der Waals surface area contributed by atoms with E-state index in [4.69, 9.17) is 15.0 Å². The molecule has 0 unspecified atom stereocenters. The normalized spacial score (nSPS) is 12.3. The summed E-state index contributed by atoms with van der Waals surface area (Å²) >= 11 is 0. The van der Waals surface area contributed by atoms with Gasteiger partial charge in [-0.3, -0.25) is 9.98 Å². The van der Waals surface area contributed by atoms with Gasteiger partial charge in [-0.1, -0.05) is 35.4 Å². The van der Waals surface area contributed by atoms with Gasteiger partial charge >= 0.3 is 0 Å². The third kappa shape index (κ3) is 4.98. The molecule has 0 aliphatic heterocycles. The lowest BCUT2D eigenvalue weighted by Gasteiger charge is -2.07. The molecule has 1 aromatic heterocycles. The van der Waals surface area contributed by atoms with E-state index in [-0.39, 0.29) is 0 Å².